The Labute approximate surface area is 103 Å². The van der Waals surface area contributed by atoms with Gasteiger partial charge >= 0.3 is 0 Å². The van der Waals surface area contributed by atoms with Crippen molar-refractivity contribution in [1.82, 2.24) is 10.2 Å². The van der Waals surface area contributed by atoms with Crippen LogP contribution in [0.3, 0.4) is 0 Å². The van der Waals surface area contributed by atoms with Crippen LogP contribution in [0.4, 0.5) is 0 Å². The summed E-state index contributed by atoms with van der Waals surface area (Å²) in [5.74, 6) is 1.78. The van der Waals surface area contributed by atoms with Gasteiger partial charge in [0.1, 0.15) is 11.7 Å². The van der Waals surface area contributed by atoms with Crippen molar-refractivity contribution in [2.75, 3.05) is 13.1 Å². The standard InChI is InChI=1S/C10H13IN4/c11-8(7-12)10-13-4-3-9(14-10)15-5-1-2-6-15/h3-4,7,12-13H,1-2,5-6H2/b10-8-,12-7?. The maximum absolute atomic E-state index is 7.18. The number of halogens is 1. The van der Waals surface area contributed by atoms with Crippen LogP contribution in [0.25, 0.3) is 0 Å². The second-order valence-electron chi connectivity index (χ2n) is 3.48. The van der Waals surface area contributed by atoms with E-state index in [1.54, 1.807) is 0 Å². The molecule has 0 atom stereocenters. The second-order valence-corrected chi connectivity index (χ2v) is 4.64. The maximum Gasteiger partial charge on any atom is 0.147 e. The monoisotopic (exact) mass is 316 g/mol. The maximum atomic E-state index is 7.18. The molecule has 2 aliphatic rings. The first kappa shape index (κ1) is 10.7. The van der Waals surface area contributed by atoms with E-state index in [1.807, 2.05) is 12.3 Å². The van der Waals surface area contributed by atoms with E-state index in [1.165, 1.54) is 19.1 Å². The minimum atomic E-state index is 0.773. The normalized spacial score (nSPS) is 23.5. The molecule has 5 heteroatoms. The largest absolute Gasteiger partial charge is 0.357 e. The number of rotatable bonds is 1. The van der Waals surface area contributed by atoms with E-state index in [4.69, 9.17) is 5.41 Å². The number of hydrogen-bond acceptors (Lipinski definition) is 4. The summed E-state index contributed by atoms with van der Waals surface area (Å²) in [4.78, 5) is 6.78. The fraction of sp³-hybridized carbons (Fsp3) is 0.400. The summed E-state index contributed by atoms with van der Waals surface area (Å²) in [6.45, 7) is 2.19. The van der Waals surface area contributed by atoms with Crippen LogP contribution in [-0.4, -0.2) is 30.0 Å². The van der Waals surface area contributed by atoms with E-state index < -0.39 is 0 Å². The van der Waals surface area contributed by atoms with Gasteiger partial charge in [-0.25, -0.2) is 4.99 Å². The molecule has 0 bridgehead atoms. The van der Waals surface area contributed by atoms with Crippen molar-refractivity contribution >= 4 is 34.6 Å². The van der Waals surface area contributed by atoms with Crippen molar-refractivity contribution in [3.05, 3.63) is 21.7 Å². The smallest absolute Gasteiger partial charge is 0.147 e. The molecule has 0 spiro atoms. The molecule has 1 saturated heterocycles. The lowest BCUT2D eigenvalue weighted by atomic mass is 10.4. The molecular weight excluding hydrogens is 303 g/mol. The highest BCUT2D eigenvalue weighted by Gasteiger charge is 2.16. The van der Waals surface area contributed by atoms with Gasteiger partial charge in [-0.05, 0) is 41.5 Å². The summed E-state index contributed by atoms with van der Waals surface area (Å²) in [5.41, 5.74) is 0. The first-order chi connectivity index (χ1) is 7.31. The van der Waals surface area contributed by atoms with Crippen LogP contribution in [0.15, 0.2) is 26.7 Å². The van der Waals surface area contributed by atoms with Gasteiger partial charge in [-0.3, -0.25) is 0 Å². The Morgan fingerprint density at radius 3 is 2.93 bits per heavy atom. The zero-order chi connectivity index (χ0) is 10.7. The molecule has 2 aliphatic heterocycles. The van der Waals surface area contributed by atoms with Crippen LogP contribution in [0.2, 0.25) is 0 Å². The number of likely N-dealkylation sites (tertiary alicyclic amines) is 1. The first-order valence-corrected chi connectivity index (χ1v) is 6.06. The van der Waals surface area contributed by atoms with Crippen LogP contribution in [0.5, 0.6) is 0 Å². The molecule has 0 aromatic carbocycles. The predicted octanol–water partition coefficient (Wildman–Crippen LogP) is 1.85. The Bertz CT molecular complexity index is 350. The number of aliphatic imine (C=N–C) groups is 1. The van der Waals surface area contributed by atoms with Gasteiger partial charge in [-0.1, -0.05) is 0 Å². The molecule has 1 fully saturated rings. The summed E-state index contributed by atoms with van der Waals surface area (Å²) in [7, 11) is 0. The molecule has 2 N–H and O–H groups in total. The SMILES string of the molecule is N=C/C(I)=C1/N=C(N2CCCC2)C=CN1. The summed E-state index contributed by atoms with van der Waals surface area (Å²) < 4.78 is 0.827. The van der Waals surface area contributed by atoms with Crippen molar-refractivity contribution in [2.45, 2.75) is 12.8 Å². The molecule has 15 heavy (non-hydrogen) atoms. The summed E-state index contributed by atoms with van der Waals surface area (Å²) in [6.07, 6.45) is 7.69. The quantitative estimate of drug-likeness (QED) is 0.573. The molecule has 2 rings (SSSR count). The van der Waals surface area contributed by atoms with Crippen molar-refractivity contribution in [3.63, 3.8) is 0 Å². The van der Waals surface area contributed by atoms with Crippen molar-refractivity contribution in [3.8, 4) is 0 Å². The summed E-state index contributed by atoms with van der Waals surface area (Å²) in [5, 5.41) is 10.2. The van der Waals surface area contributed by atoms with Crippen LogP contribution >= 0.6 is 22.6 Å². The lowest BCUT2D eigenvalue weighted by Crippen LogP contribution is -2.29. The predicted molar refractivity (Wildman–Crippen MR) is 70.3 cm³/mol. The third kappa shape index (κ3) is 2.39. The molecule has 0 aliphatic carbocycles. The molecule has 0 aromatic rings. The van der Waals surface area contributed by atoms with Crippen molar-refractivity contribution in [2.24, 2.45) is 4.99 Å². The summed E-state index contributed by atoms with van der Waals surface area (Å²) >= 11 is 2.11. The van der Waals surface area contributed by atoms with Gasteiger partial charge in [0.05, 0.1) is 3.58 Å². The highest BCUT2D eigenvalue weighted by molar-refractivity contribution is 14.1. The Morgan fingerprint density at radius 2 is 2.27 bits per heavy atom. The molecule has 0 aromatic heterocycles. The molecule has 0 amide bonds. The van der Waals surface area contributed by atoms with Crippen LogP contribution in [0.1, 0.15) is 12.8 Å². The topological polar surface area (TPSA) is 51.5 Å². The third-order valence-electron chi connectivity index (χ3n) is 2.46. The van der Waals surface area contributed by atoms with E-state index in [2.05, 4.69) is 37.8 Å². The Hall–Kier alpha value is -0.850. The van der Waals surface area contributed by atoms with Gasteiger partial charge in [-0.2, -0.15) is 0 Å². The fourth-order valence-corrected chi connectivity index (χ4v) is 1.97. The number of allylic oxidation sites excluding steroid dienone is 1. The van der Waals surface area contributed by atoms with Gasteiger partial charge in [0.2, 0.25) is 0 Å². The first-order valence-electron chi connectivity index (χ1n) is 4.98. The number of nitrogens with one attached hydrogen (secondary N) is 2. The van der Waals surface area contributed by atoms with Crippen LogP contribution in [0, 0.1) is 5.41 Å². The third-order valence-corrected chi connectivity index (χ3v) is 3.28. The molecule has 80 valence electrons. The Balaban J connectivity index is 2.21. The molecular formula is C10H13IN4. The lowest BCUT2D eigenvalue weighted by Gasteiger charge is -2.20. The van der Waals surface area contributed by atoms with Gasteiger partial charge in [-0.15, -0.1) is 0 Å². The fourth-order valence-electron chi connectivity index (χ4n) is 1.69. The highest BCUT2D eigenvalue weighted by atomic mass is 127. The molecule has 0 unspecified atom stereocenters. The van der Waals surface area contributed by atoms with Crippen LogP contribution < -0.4 is 5.32 Å². The van der Waals surface area contributed by atoms with Gasteiger partial charge in [0, 0.05) is 25.5 Å². The highest BCUT2D eigenvalue weighted by Crippen LogP contribution is 2.16. The zero-order valence-corrected chi connectivity index (χ0v) is 10.5. The average Bonchev–Trinajstić information content (AvgIpc) is 2.82. The molecule has 2 heterocycles. The zero-order valence-electron chi connectivity index (χ0n) is 8.33. The number of hydrogen-bond donors (Lipinski definition) is 2. The molecule has 4 nitrogen and oxygen atoms in total. The Kier molecular flexibility index (Phi) is 3.40. The van der Waals surface area contributed by atoms with E-state index >= 15 is 0 Å². The van der Waals surface area contributed by atoms with Gasteiger partial charge in [0.15, 0.2) is 0 Å². The number of amidine groups is 1. The molecule has 0 radical (unpaired) electrons. The number of nitrogens with zero attached hydrogens (tertiary/aromatic N) is 2. The van der Waals surface area contributed by atoms with Crippen LogP contribution in [-0.2, 0) is 0 Å². The van der Waals surface area contributed by atoms with Crippen molar-refractivity contribution < 1.29 is 0 Å². The average molecular weight is 316 g/mol. The van der Waals surface area contributed by atoms with E-state index in [0.29, 0.717) is 0 Å². The minimum absolute atomic E-state index is 0.773. The second kappa shape index (κ2) is 4.78. The summed E-state index contributed by atoms with van der Waals surface area (Å²) in [6, 6.07) is 0. The molecule has 0 saturated carbocycles. The Morgan fingerprint density at radius 1 is 1.53 bits per heavy atom. The van der Waals surface area contributed by atoms with Crippen molar-refractivity contribution in [1.29, 1.82) is 5.41 Å². The van der Waals surface area contributed by atoms with E-state index in [9.17, 15) is 0 Å². The van der Waals surface area contributed by atoms with E-state index in [0.717, 1.165) is 28.3 Å². The minimum Gasteiger partial charge on any atom is -0.357 e. The lowest BCUT2D eigenvalue weighted by molar-refractivity contribution is 0.520. The van der Waals surface area contributed by atoms with E-state index in [-0.39, 0.29) is 0 Å². The van der Waals surface area contributed by atoms with Gasteiger partial charge < -0.3 is 15.6 Å². The van der Waals surface area contributed by atoms with Gasteiger partial charge in [0.25, 0.3) is 0 Å².